The van der Waals surface area contributed by atoms with E-state index >= 15 is 0 Å². The first-order chi connectivity index (χ1) is 10.1. The minimum atomic E-state index is -1.00. The van der Waals surface area contributed by atoms with E-state index in [0.717, 1.165) is 0 Å². The maximum Gasteiger partial charge on any atom is 0.327 e. The Hall–Kier alpha value is -1.34. The Balaban J connectivity index is 2.29. The highest BCUT2D eigenvalue weighted by atomic mass is 32.2. The van der Waals surface area contributed by atoms with E-state index < -0.39 is 17.4 Å². The minimum absolute atomic E-state index is 0.0868. The molecule has 0 aromatic heterocycles. The molecule has 0 saturated carbocycles. The Labute approximate surface area is 131 Å². The van der Waals surface area contributed by atoms with Crippen molar-refractivity contribution in [3.8, 4) is 5.75 Å². The van der Waals surface area contributed by atoms with Crippen molar-refractivity contribution < 1.29 is 19.8 Å². The van der Waals surface area contributed by atoms with Crippen molar-refractivity contribution in [3.05, 3.63) is 29.8 Å². The summed E-state index contributed by atoms with van der Waals surface area (Å²) in [6.45, 7) is 0. The zero-order valence-electron chi connectivity index (χ0n) is 11.6. The zero-order valence-corrected chi connectivity index (χ0v) is 13.2. The molecule has 0 spiro atoms. The lowest BCUT2D eigenvalue weighted by molar-refractivity contribution is -0.149. The third-order valence-corrected chi connectivity index (χ3v) is 5.21. The van der Waals surface area contributed by atoms with E-state index in [1.807, 2.05) is 6.26 Å². The van der Waals surface area contributed by atoms with Crippen LogP contribution in [0.3, 0.4) is 0 Å². The molecule has 21 heavy (non-hydrogen) atoms. The number of hydrogen-bond acceptors (Lipinski definition) is 5. The molecule has 1 amide bonds. The molecular formula is C14H17NO4S2. The van der Waals surface area contributed by atoms with Gasteiger partial charge < -0.3 is 15.1 Å². The van der Waals surface area contributed by atoms with Crippen LogP contribution in [0, 0.1) is 0 Å². The maximum atomic E-state index is 12.4. The molecule has 2 atom stereocenters. The molecule has 0 radical (unpaired) electrons. The molecule has 1 heterocycles. The van der Waals surface area contributed by atoms with Gasteiger partial charge in [-0.2, -0.15) is 11.8 Å². The minimum Gasteiger partial charge on any atom is -0.508 e. The van der Waals surface area contributed by atoms with Crippen LogP contribution in [0.25, 0.3) is 0 Å². The van der Waals surface area contributed by atoms with Gasteiger partial charge in [-0.25, -0.2) is 4.79 Å². The first kappa shape index (κ1) is 16.0. The second kappa shape index (κ2) is 7.09. The van der Waals surface area contributed by atoms with Crippen LogP contribution < -0.4 is 0 Å². The standard InChI is InChI=1S/C14H17NO4S2/c1-20-7-6-12(17)15-10(14(18)19)8-21-13(15)9-4-2-3-5-11(9)16/h2-5,10,13,16H,6-8H2,1H3,(H,18,19). The molecule has 0 aliphatic carbocycles. The number of phenolic OH excluding ortho intramolecular Hbond substituents is 1. The average molecular weight is 327 g/mol. The number of amides is 1. The summed E-state index contributed by atoms with van der Waals surface area (Å²) in [5.74, 6) is -0.115. The van der Waals surface area contributed by atoms with Crippen LogP contribution in [0.2, 0.25) is 0 Å². The number of para-hydroxylation sites is 1. The van der Waals surface area contributed by atoms with Crippen molar-refractivity contribution in [2.24, 2.45) is 0 Å². The second-order valence-electron chi connectivity index (χ2n) is 4.64. The molecule has 5 nitrogen and oxygen atoms in total. The van der Waals surface area contributed by atoms with E-state index in [0.29, 0.717) is 23.5 Å². The molecule has 1 aliphatic rings. The topological polar surface area (TPSA) is 77.8 Å². The van der Waals surface area contributed by atoms with Crippen molar-refractivity contribution in [1.82, 2.24) is 4.90 Å². The summed E-state index contributed by atoms with van der Waals surface area (Å²) in [5, 5.41) is 18.8. The predicted octanol–water partition coefficient (Wildman–Crippen LogP) is 2.17. The Morgan fingerprint density at radius 1 is 1.43 bits per heavy atom. The summed E-state index contributed by atoms with van der Waals surface area (Å²) in [6.07, 6.45) is 2.21. The second-order valence-corrected chi connectivity index (χ2v) is 6.74. The first-order valence-corrected chi connectivity index (χ1v) is 8.93. The van der Waals surface area contributed by atoms with Gasteiger partial charge in [0, 0.05) is 23.5 Å². The summed E-state index contributed by atoms with van der Waals surface area (Å²) in [7, 11) is 0. The van der Waals surface area contributed by atoms with Crippen LogP contribution in [0.5, 0.6) is 5.75 Å². The fourth-order valence-electron chi connectivity index (χ4n) is 2.26. The van der Waals surface area contributed by atoms with E-state index in [9.17, 15) is 19.8 Å². The van der Waals surface area contributed by atoms with Gasteiger partial charge in [-0.1, -0.05) is 18.2 Å². The van der Waals surface area contributed by atoms with E-state index in [-0.39, 0.29) is 11.7 Å². The predicted molar refractivity (Wildman–Crippen MR) is 84.6 cm³/mol. The monoisotopic (exact) mass is 327 g/mol. The molecule has 1 aromatic rings. The van der Waals surface area contributed by atoms with Crippen LogP contribution in [0.15, 0.2) is 24.3 Å². The van der Waals surface area contributed by atoms with Crippen molar-refractivity contribution in [3.63, 3.8) is 0 Å². The van der Waals surface area contributed by atoms with Crippen LogP contribution in [-0.2, 0) is 9.59 Å². The lowest BCUT2D eigenvalue weighted by Crippen LogP contribution is -2.43. The van der Waals surface area contributed by atoms with Gasteiger partial charge in [-0.15, -0.1) is 11.8 Å². The Bertz CT molecular complexity index is 537. The molecule has 1 saturated heterocycles. The van der Waals surface area contributed by atoms with Crippen LogP contribution in [0.1, 0.15) is 17.4 Å². The summed E-state index contributed by atoms with van der Waals surface area (Å²) in [5.41, 5.74) is 0.587. The number of carbonyl (C=O) groups excluding carboxylic acids is 1. The third-order valence-electron chi connectivity index (χ3n) is 3.30. The first-order valence-electron chi connectivity index (χ1n) is 6.48. The third kappa shape index (κ3) is 3.47. The molecule has 1 aromatic carbocycles. The fraction of sp³-hybridized carbons (Fsp3) is 0.429. The van der Waals surface area contributed by atoms with Crippen molar-refractivity contribution in [2.75, 3.05) is 17.8 Å². The van der Waals surface area contributed by atoms with E-state index in [2.05, 4.69) is 0 Å². The average Bonchev–Trinajstić information content (AvgIpc) is 2.90. The van der Waals surface area contributed by atoms with E-state index in [4.69, 9.17) is 0 Å². The van der Waals surface area contributed by atoms with Gasteiger partial charge in [0.1, 0.15) is 17.2 Å². The number of nitrogens with zero attached hydrogens (tertiary/aromatic N) is 1. The molecule has 2 N–H and O–H groups in total. The number of benzene rings is 1. The lowest BCUT2D eigenvalue weighted by atomic mass is 10.1. The molecule has 114 valence electrons. The normalized spacial score (nSPS) is 21.5. The number of hydrogen-bond donors (Lipinski definition) is 2. The van der Waals surface area contributed by atoms with Gasteiger partial charge in [0.2, 0.25) is 5.91 Å². The van der Waals surface area contributed by atoms with Crippen LogP contribution in [0.4, 0.5) is 0 Å². The maximum absolute atomic E-state index is 12.4. The summed E-state index contributed by atoms with van der Waals surface area (Å²) < 4.78 is 0. The van der Waals surface area contributed by atoms with Gasteiger partial charge >= 0.3 is 5.97 Å². The zero-order chi connectivity index (χ0) is 15.4. The van der Waals surface area contributed by atoms with Gasteiger partial charge in [0.25, 0.3) is 0 Å². The van der Waals surface area contributed by atoms with Crippen molar-refractivity contribution in [1.29, 1.82) is 0 Å². The Kier molecular flexibility index (Phi) is 5.41. The van der Waals surface area contributed by atoms with Gasteiger partial charge in [0.05, 0.1) is 0 Å². The smallest absolute Gasteiger partial charge is 0.327 e. The van der Waals surface area contributed by atoms with Gasteiger partial charge in [0.15, 0.2) is 0 Å². The highest BCUT2D eigenvalue weighted by Gasteiger charge is 2.42. The van der Waals surface area contributed by atoms with E-state index in [1.165, 1.54) is 16.7 Å². The van der Waals surface area contributed by atoms with Crippen molar-refractivity contribution in [2.45, 2.75) is 17.8 Å². The van der Waals surface area contributed by atoms with Crippen LogP contribution >= 0.6 is 23.5 Å². The molecule has 1 fully saturated rings. The number of phenols is 1. The quantitative estimate of drug-likeness (QED) is 0.863. The summed E-state index contributed by atoms with van der Waals surface area (Å²) in [6, 6.07) is 5.91. The largest absolute Gasteiger partial charge is 0.508 e. The molecule has 2 unspecified atom stereocenters. The number of rotatable bonds is 5. The molecule has 2 rings (SSSR count). The number of carbonyl (C=O) groups is 2. The Morgan fingerprint density at radius 2 is 2.14 bits per heavy atom. The number of aliphatic carboxylic acids is 1. The van der Waals surface area contributed by atoms with E-state index in [1.54, 1.807) is 36.0 Å². The molecular weight excluding hydrogens is 310 g/mol. The SMILES string of the molecule is CSCCC(=O)N1C(C(=O)O)CSC1c1ccccc1O. The number of aromatic hydroxyl groups is 1. The lowest BCUT2D eigenvalue weighted by Gasteiger charge is -2.28. The number of thioether (sulfide) groups is 2. The highest BCUT2D eigenvalue weighted by molar-refractivity contribution is 7.99. The fourth-order valence-corrected chi connectivity index (χ4v) is 4.11. The van der Waals surface area contributed by atoms with Gasteiger partial charge in [-0.3, -0.25) is 4.79 Å². The molecule has 0 bridgehead atoms. The highest BCUT2D eigenvalue weighted by Crippen LogP contribution is 2.44. The molecule has 7 heteroatoms. The van der Waals surface area contributed by atoms with Crippen LogP contribution in [-0.4, -0.2) is 50.8 Å². The summed E-state index contributed by atoms with van der Waals surface area (Å²) >= 11 is 2.92. The number of carboxylic acids is 1. The van der Waals surface area contributed by atoms with Crippen molar-refractivity contribution >= 4 is 35.4 Å². The summed E-state index contributed by atoms with van der Waals surface area (Å²) in [4.78, 5) is 25.1. The molecule has 1 aliphatic heterocycles. The number of carboxylic acid groups (broad SMARTS) is 1. The van der Waals surface area contributed by atoms with Gasteiger partial charge in [-0.05, 0) is 12.3 Å². The Morgan fingerprint density at radius 3 is 2.76 bits per heavy atom.